The topological polar surface area (TPSA) is 114 Å². The molecule has 2 rings (SSSR count). The molecule has 1 aromatic rings. The van der Waals surface area contributed by atoms with Gasteiger partial charge in [0.2, 0.25) is 17.7 Å². The highest BCUT2D eigenvalue weighted by Gasteiger charge is 2.27. The minimum atomic E-state index is -0.921. The lowest BCUT2D eigenvalue weighted by Gasteiger charge is -2.23. The molecule has 186 valence electrons. The Morgan fingerprint density at radius 1 is 0.971 bits per heavy atom. The third-order valence-electron chi connectivity index (χ3n) is 5.17. The molecule has 3 N–H and O–H groups in total. The highest BCUT2D eigenvalue weighted by atomic mass is 32.1. The second-order valence-electron chi connectivity index (χ2n) is 7.97. The van der Waals surface area contributed by atoms with Crippen LogP contribution in [-0.2, 0) is 30.3 Å². The van der Waals surface area contributed by atoms with Crippen LogP contribution in [0, 0.1) is 0 Å². The summed E-state index contributed by atoms with van der Waals surface area (Å²) in [5, 5.41) is 8.20. The van der Waals surface area contributed by atoms with E-state index in [2.05, 4.69) is 41.2 Å². The molecule has 0 aliphatic carbocycles. The molecule has 0 radical (unpaired) electrons. The average molecular weight is 508 g/mol. The largest absolute Gasteiger partial charge is 0.458 e. The second kappa shape index (κ2) is 15.4. The summed E-state index contributed by atoms with van der Waals surface area (Å²) in [7, 11) is 0. The Balaban J connectivity index is 2.24. The van der Waals surface area contributed by atoms with Crippen LogP contribution >= 0.6 is 25.3 Å². The van der Waals surface area contributed by atoms with E-state index in [0.717, 1.165) is 5.56 Å². The number of rotatable bonds is 6. The van der Waals surface area contributed by atoms with Crippen molar-refractivity contribution in [3.05, 3.63) is 48.0 Å². The fourth-order valence-corrected chi connectivity index (χ4v) is 3.80. The average Bonchev–Trinajstić information content (AvgIpc) is 2.81. The molecule has 0 spiro atoms. The lowest BCUT2D eigenvalue weighted by Crippen LogP contribution is -2.55. The first kappa shape index (κ1) is 27.8. The van der Waals surface area contributed by atoms with Crippen LogP contribution < -0.4 is 16.0 Å². The lowest BCUT2D eigenvalue weighted by atomic mass is 10.0. The Kier molecular flexibility index (Phi) is 12.6. The fraction of sp³-hybridized carbons (Fsp3) is 0.500. The van der Waals surface area contributed by atoms with Crippen molar-refractivity contribution < 1.29 is 23.9 Å². The van der Waals surface area contributed by atoms with Gasteiger partial charge in [-0.1, -0.05) is 36.4 Å². The summed E-state index contributed by atoms with van der Waals surface area (Å²) in [6.07, 6.45) is 4.81. The van der Waals surface area contributed by atoms with Gasteiger partial charge in [0.1, 0.15) is 18.2 Å². The van der Waals surface area contributed by atoms with Gasteiger partial charge in [-0.3, -0.25) is 19.2 Å². The van der Waals surface area contributed by atoms with E-state index in [1.54, 1.807) is 6.08 Å². The van der Waals surface area contributed by atoms with Gasteiger partial charge >= 0.3 is 5.97 Å². The lowest BCUT2D eigenvalue weighted by molar-refractivity contribution is -0.148. The molecule has 10 heteroatoms. The molecule has 1 heterocycles. The number of benzene rings is 1. The van der Waals surface area contributed by atoms with Gasteiger partial charge in [-0.15, -0.1) is 0 Å². The summed E-state index contributed by atoms with van der Waals surface area (Å²) in [6, 6.07) is 7.49. The molecule has 1 aliphatic rings. The van der Waals surface area contributed by atoms with E-state index in [0.29, 0.717) is 31.6 Å². The van der Waals surface area contributed by atoms with Crippen LogP contribution in [0.3, 0.4) is 0 Å². The molecule has 3 amide bonds. The van der Waals surface area contributed by atoms with Crippen molar-refractivity contribution in [3.8, 4) is 0 Å². The van der Waals surface area contributed by atoms with Crippen LogP contribution in [0.1, 0.15) is 37.7 Å². The van der Waals surface area contributed by atoms with Gasteiger partial charge in [0, 0.05) is 25.1 Å². The maximum atomic E-state index is 13.1. The van der Waals surface area contributed by atoms with Gasteiger partial charge in [0.15, 0.2) is 0 Å². The number of carbonyl (C=O) groups excluding carboxylic acids is 4. The first-order chi connectivity index (χ1) is 16.4. The molecule has 0 saturated carbocycles. The number of esters is 1. The zero-order chi connectivity index (χ0) is 24.8. The summed E-state index contributed by atoms with van der Waals surface area (Å²) in [6.45, 7) is 0.363. The Morgan fingerprint density at radius 2 is 1.74 bits per heavy atom. The molecule has 0 aromatic heterocycles. The van der Waals surface area contributed by atoms with Gasteiger partial charge in [-0.2, -0.15) is 25.3 Å². The van der Waals surface area contributed by atoms with E-state index in [-0.39, 0.29) is 30.9 Å². The highest BCUT2D eigenvalue weighted by Crippen LogP contribution is 2.09. The minimum absolute atomic E-state index is 0.105. The van der Waals surface area contributed by atoms with Crippen molar-refractivity contribution in [2.45, 2.75) is 56.7 Å². The Morgan fingerprint density at radius 3 is 2.44 bits per heavy atom. The molecule has 3 unspecified atom stereocenters. The maximum absolute atomic E-state index is 13.1. The van der Waals surface area contributed by atoms with Crippen LogP contribution in [0.15, 0.2) is 42.5 Å². The minimum Gasteiger partial charge on any atom is -0.458 e. The van der Waals surface area contributed by atoms with Crippen LogP contribution in [-0.4, -0.2) is 59.9 Å². The molecular weight excluding hydrogens is 474 g/mol. The molecule has 1 aliphatic heterocycles. The first-order valence-corrected chi connectivity index (χ1v) is 12.7. The van der Waals surface area contributed by atoms with Crippen molar-refractivity contribution >= 4 is 48.9 Å². The van der Waals surface area contributed by atoms with Crippen molar-refractivity contribution in [1.82, 2.24) is 16.0 Å². The molecule has 1 fully saturated rings. The third kappa shape index (κ3) is 10.2. The summed E-state index contributed by atoms with van der Waals surface area (Å²) < 4.78 is 5.49. The van der Waals surface area contributed by atoms with Crippen LogP contribution in [0.25, 0.3) is 0 Å². The molecule has 1 saturated heterocycles. The Labute approximate surface area is 211 Å². The zero-order valence-corrected chi connectivity index (χ0v) is 20.9. The smallest absolute Gasteiger partial charge is 0.306 e. The number of thiol groups is 2. The highest BCUT2D eigenvalue weighted by molar-refractivity contribution is 7.80. The Bertz CT molecular complexity index is 850. The summed E-state index contributed by atoms with van der Waals surface area (Å²) in [4.78, 5) is 50.7. The monoisotopic (exact) mass is 507 g/mol. The third-order valence-corrected chi connectivity index (χ3v) is 5.80. The fourth-order valence-electron chi connectivity index (χ4n) is 3.39. The second-order valence-corrected chi connectivity index (χ2v) is 8.79. The van der Waals surface area contributed by atoms with Gasteiger partial charge in [-0.25, -0.2) is 0 Å². The summed E-state index contributed by atoms with van der Waals surface area (Å²) in [5.74, 6) is -0.981. The van der Waals surface area contributed by atoms with Crippen LogP contribution in [0.4, 0.5) is 0 Å². The van der Waals surface area contributed by atoms with Crippen LogP contribution in [0.2, 0.25) is 0 Å². The molecular formula is C24H33N3O5S2. The number of nitrogens with one attached hydrogen (secondary N) is 3. The number of carbonyl (C=O) groups is 4. The number of hydrogen-bond donors (Lipinski definition) is 5. The number of cyclic esters (lactones) is 1. The summed E-state index contributed by atoms with van der Waals surface area (Å²) >= 11 is 8.36. The van der Waals surface area contributed by atoms with E-state index < -0.39 is 36.0 Å². The molecule has 3 atom stereocenters. The number of amides is 3. The summed E-state index contributed by atoms with van der Waals surface area (Å²) in [5.41, 5.74) is 0.848. The van der Waals surface area contributed by atoms with Gasteiger partial charge in [-0.05, 0) is 36.7 Å². The van der Waals surface area contributed by atoms with Crippen molar-refractivity contribution in [3.63, 3.8) is 0 Å². The van der Waals surface area contributed by atoms with E-state index >= 15 is 0 Å². The van der Waals surface area contributed by atoms with Gasteiger partial charge in [0.05, 0.1) is 6.42 Å². The van der Waals surface area contributed by atoms with E-state index in [1.165, 1.54) is 0 Å². The van der Waals surface area contributed by atoms with Crippen molar-refractivity contribution in [2.75, 3.05) is 18.1 Å². The van der Waals surface area contributed by atoms with E-state index in [4.69, 9.17) is 4.74 Å². The number of allylic oxidation sites excluding steroid dienone is 1. The van der Waals surface area contributed by atoms with E-state index in [9.17, 15) is 19.2 Å². The van der Waals surface area contributed by atoms with Crippen molar-refractivity contribution in [2.24, 2.45) is 0 Å². The number of ether oxygens (including phenoxy) is 1. The molecule has 1 aromatic carbocycles. The predicted octanol–water partition coefficient (Wildman–Crippen LogP) is 1.61. The molecule has 0 bridgehead atoms. The normalized spacial score (nSPS) is 23.6. The number of hydrogen-bond acceptors (Lipinski definition) is 7. The van der Waals surface area contributed by atoms with Crippen LogP contribution in [0.5, 0.6) is 0 Å². The Hall–Kier alpha value is -2.46. The van der Waals surface area contributed by atoms with Crippen molar-refractivity contribution in [1.29, 1.82) is 0 Å². The predicted molar refractivity (Wildman–Crippen MR) is 137 cm³/mol. The van der Waals surface area contributed by atoms with Gasteiger partial charge < -0.3 is 20.7 Å². The maximum Gasteiger partial charge on any atom is 0.306 e. The zero-order valence-electron chi connectivity index (χ0n) is 19.1. The SMILES string of the molecule is O=C1CC(/C=C/CCS)OC(=O)CCCCNC(=O)C(CS)NC(=O)C(Cc2ccccc2)N1. The molecule has 34 heavy (non-hydrogen) atoms. The standard InChI is InChI=1S/C24H33N3O5S2/c28-21-15-18(10-5-7-13-33)32-22(29)11-4-6-12-25-23(30)20(16-34)27-24(31)19(26-21)14-17-8-2-1-3-9-17/h1-3,5,8-10,18-20,33-34H,4,6-7,11-16H2,(H,25,30)(H,26,28)(H,27,31)/b10-5+. The van der Waals surface area contributed by atoms with Gasteiger partial charge in [0.25, 0.3) is 0 Å². The first-order valence-electron chi connectivity index (χ1n) is 11.4. The quantitative estimate of drug-likeness (QED) is 0.228. The molecule has 8 nitrogen and oxygen atoms in total. The van der Waals surface area contributed by atoms with E-state index in [1.807, 2.05) is 36.4 Å².